The second-order valence-corrected chi connectivity index (χ2v) is 6.36. The van der Waals surface area contributed by atoms with Crippen molar-refractivity contribution in [2.24, 2.45) is 0 Å². The van der Waals surface area contributed by atoms with Crippen LogP contribution in [0.5, 0.6) is 0 Å². The van der Waals surface area contributed by atoms with Crippen LogP contribution in [0.2, 0.25) is 0 Å². The SMILES string of the molecule is Cc1cccc(-c2c(C(F)(F)F)c(C)c(C(F)(F)F)c(C(F)(F)F)c2C(F)(F)F)c1. The molecule has 0 saturated heterocycles. The van der Waals surface area contributed by atoms with Crippen molar-refractivity contribution in [3.05, 3.63) is 57.6 Å². The van der Waals surface area contributed by atoms with E-state index in [-0.39, 0.29) is 12.5 Å². The molecule has 0 heterocycles. The monoisotopic (exact) mass is 454 g/mol. The molecule has 0 fully saturated rings. The average Bonchev–Trinajstić information content (AvgIpc) is 2.48. The van der Waals surface area contributed by atoms with Crippen molar-refractivity contribution >= 4 is 0 Å². The minimum atomic E-state index is -6.25. The fourth-order valence-electron chi connectivity index (χ4n) is 3.24. The molecule has 0 N–H and O–H groups in total. The van der Waals surface area contributed by atoms with Gasteiger partial charge in [-0.15, -0.1) is 0 Å². The van der Waals surface area contributed by atoms with Gasteiger partial charge in [0.1, 0.15) is 0 Å². The van der Waals surface area contributed by atoms with Crippen molar-refractivity contribution in [3.8, 4) is 11.1 Å². The van der Waals surface area contributed by atoms with Gasteiger partial charge in [0.25, 0.3) is 0 Å². The normalized spacial score (nSPS) is 13.7. The molecule has 0 nitrogen and oxygen atoms in total. The van der Waals surface area contributed by atoms with Crippen LogP contribution < -0.4 is 0 Å². The molecule has 166 valence electrons. The number of aryl methyl sites for hydroxylation is 1. The van der Waals surface area contributed by atoms with Crippen molar-refractivity contribution < 1.29 is 52.7 Å². The van der Waals surface area contributed by atoms with E-state index in [1.54, 1.807) is 0 Å². The number of halogens is 12. The van der Waals surface area contributed by atoms with E-state index < -0.39 is 63.6 Å². The predicted molar refractivity (Wildman–Crippen MR) is 81.4 cm³/mol. The Kier molecular flexibility index (Phi) is 5.64. The van der Waals surface area contributed by atoms with E-state index in [2.05, 4.69) is 0 Å². The predicted octanol–water partition coefficient (Wildman–Crippen LogP) is 8.05. The fourth-order valence-corrected chi connectivity index (χ4v) is 3.24. The first-order valence-electron chi connectivity index (χ1n) is 7.84. The molecule has 0 atom stereocenters. The van der Waals surface area contributed by atoms with Crippen molar-refractivity contribution in [1.82, 2.24) is 0 Å². The first-order valence-corrected chi connectivity index (χ1v) is 7.84. The highest BCUT2D eigenvalue weighted by Gasteiger charge is 2.55. The van der Waals surface area contributed by atoms with Gasteiger partial charge in [-0.05, 0) is 25.0 Å². The zero-order valence-corrected chi connectivity index (χ0v) is 14.8. The summed E-state index contributed by atoms with van der Waals surface area (Å²) in [5.41, 5.74) is -16.6. The minimum Gasteiger partial charge on any atom is -0.166 e. The van der Waals surface area contributed by atoms with Crippen LogP contribution in [0.3, 0.4) is 0 Å². The Morgan fingerprint density at radius 3 is 1.33 bits per heavy atom. The molecule has 0 aromatic heterocycles. The molecule has 2 aromatic rings. The van der Waals surface area contributed by atoms with Gasteiger partial charge in [0.05, 0.1) is 22.3 Å². The molecular formula is C18H10F12. The summed E-state index contributed by atoms with van der Waals surface area (Å²) in [6, 6.07) is 3.61. The van der Waals surface area contributed by atoms with E-state index in [4.69, 9.17) is 0 Å². The third-order valence-corrected chi connectivity index (χ3v) is 4.19. The van der Waals surface area contributed by atoms with E-state index in [0.29, 0.717) is 6.07 Å². The zero-order valence-electron chi connectivity index (χ0n) is 14.8. The number of alkyl halides is 12. The lowest BCUT2D eigenvalue weighted by molar-refractivity contribution is -0.176. The summed E-state index contributed by atoms with van der Waals surface area (Å²) in [6.45, 7) is 1.31. The average molecular weight is 454 g/mol. The zero-order chi connectivity index (χ0) is 23.4. The van der Waals surface area contributed by atoms with Crippen LogP contribution in [-0.4, -0.2) is 0 Å². The molecule has 2 rings (SSSR count). The van der Waals surface area contributed by atoms with Crippen LogP contribution in [0, 0.1) is 13.8 Å². The highest BCUT2D eigenvalue weighted by Crippen LogP contribution is 2.55. The second-order valence-electron chi connectivity index (χ2n) is 6.36. The highest BCUT2D eigenvalue weighted by atomic mass is 19.4. The molecule has 0 aliphatic heterocycles. The summed E-state index contributed by atoms with van der Waals surface area (Å²) in [5, 5.41) is 0. The van der Waals surface area contributed by atoms with Crippen LogP contribution in [-0.2, 0) is 24.7 Å². The van der Waals surface area contributed by atoms with Crippen LogP contribution in [0.1, 0.15) is 33.4 Å². The molecule has 0 spiro atoms. The Morgan fingerprint density at radius 2 is 0.967 bits per heavy atom. The smallest absolute Gasteiger partial charge is 0.166 e. The number of rotatable bonds is 1. The quantitative estimate of drug-likeness (QED) is 0.383. The number of hydrogen-bond donors (Lipinski definition) is 0. The summed E-state index contributed by atoms with van der Waals surface area (Å²) in [7, 11) is 0. The summed E-state index contributed by atoms with van der Waals surface area (Å²) in [5.74, 6) is 0. The van der Waals surface area contributed by atoms with Gasteiger partial charge in [-0.1, -0.05) is 29.8 Å². The molecule has 30 heavy (non-hydrogen) atoms. The molecule has 2 aromatic carbocycles. The Hall–Kier alpha value is -2.40. The van der Waals surface area contributed by atoms with Gasteiger partial charge in [0.15, 0.2) is 0 Å². The summed E-state index contributed by atoms with van der Waals surface area (Å²) in [6.07, 6.45) is -24.4. The Morgan fingerprint density at radius 1 is 0.533 bits per heavy atom. The molecular weight excluding hydrogens is 444 g/mol. The lowest BCUT2D eigenvalue weighted by atomic mass is 9.82. The Labute approximate surface area is 161 Å². The van der Waals surface area contributed by atoms with E-state index >= 15 is 0 Å². The molecule has 0 amide bonds. The Bertz CT molecular complexity index is 956. The van der Waals surface area contributed by atoms with Crippen molar-refractivity contribution in [2.45, 2.75) is 38.6 Å². The number of hydrogen-bond acceptors (Lipinski definition) is 0. The van der Waals surface area contributed by atoms with Crippen LogP contribution >= 0.6 is 0 Å². The van der Waals surface area contributed by atoms with Crippen LogP contribution in [0.25, 0.3) is 11.1 Å². The van der Waals surface area contributed by atoms with E-state index in [1.807, 2.05) is 0 Å². The van der Waals surface area contributed by atoms with Gasteiger partial charge in [0.2, 0.25) is 0 Å². The third kappa shape index (κ3) is 4.36. The topological polar surface area (TPSA) is 0 Å². The van der Waals surface area contributed by atoms with Crippen LogP contribution in [0.15, 0.2) is 24.3 Å². The van der Waals surface area contributed by atoms with Crippen molar-refractivity contribution in [2.75, 3.05) is 0 Å². The standard InChI is InChI=1S/C18H10F12/c1-7-4-3-5-9(6-7)10-11(15(19,20)21)8(2)12(16(22,23)24)14(18(28,29)30)13(10)17(25,26)27/h3-6H,1-2H3. The molecule has 0 saturated carbocycles. The second kappa shape index (κ2) is 7.09. The molecule has 0 unspecified atom stereocenters. The molecule has 0 aliphatic carbocycles. The van der Waals surface area contributed by atoms with Gasteiger partial charge in [0, 0.05) is 5.56 Å². The molecule has 0 aliphatic rings. The molecule has 0 radical (unpaired) electrons. The fraction of sp³-hybridized carbons (Fsp3) is 0.333. The molecule has 12 heteroatoms. The van der Waals surface area contributed by atoms with Gasteiger partial charge in [-0.25, -0.2) is 0 Å². The van der Waals surface area contributed by atoms with Crippen LogP contribution in [0.4, 0.5) is 52.7 Å². The van der Waals surface area contributed by atoms with Gasteiger partial charge in [-0.3, -0.25) is 0 Å². The lowest BCUT2D eigenvalue weighted by Gasteiger charge is -2.29. The minimum absolute atomic E-state index is 0.0698. The molecule has 0 bridgehead atoms. The van der Waals surface area contributed by atoms with Gasteiger partial charge < -0.3 is 0 Å². The van der Waals surface area contributed by atoms with E-state index in [1.165, 1.54) is 13.0 Å². The maximum atomic E-state index is 13.7. The van der Waals surface area contributed by atoms with Gasteiger partial charge >= 0.3 is 24.7 Å². The maximum Gasteiger partial charge on any atom is 0.417 e. The first-order chi connectivity index (χ1) is 13.3. The van der Waals surface area contributed by atoms with E-state index in [9.17, 15) is 52.7 Å². The van der Waals surface area contributed by atoms with Crippen molar-refractivity contribution in [3.63, 3.8) is 0 Å². The summed E-state index contributed by atoms with van der Waals surface area (Å²) >= 11 is 0. The summed E-state index contributed by atoms with van der Waals surface area (Å²) in [4.78, 5) is 0. The van der Waals surface area contributed by atoms with Gasteiger partial charge in [-0.2, -0.15) is 52.7 Å². The largest absolute Gasteiger partial charge is 0.417 e. The highest BCUT2D eigenvalue weighted by molar-refractivity contribution is 5.78. The van der Waals surface area contributed by atoms with Crippen molar-refractivity contribution in [1.29, 1.82) is 0 Å². The lowest BCUT2D eigenvalue weighted by Crippen LogP contribution is -2.28. The Balaban J connectivity index is 3.36. The summed E-state index contributed by atoms with van der Waals surface area (Å²) < 4.78 is 162. The first kappa shape index (κ1) is 23.9. The maximum absolute atomic E-state index is 13.7. The third-order valence-electron chi connectivity index (χ3n) is 4.19. The number of benzene rings is 2. The van der Waals surface area contributed by atoms with E-state index in [0.717, 1.165) is 12.1 Å².